The van der Waals surface area contributed by atoms with E-state index in [1.165, 1.54) is 43.0 Å². The average Bonchev–Trinajstić information content (AvgIpc) is 3.48. The highest BCUT2D eigenvalue weighted by Crippen LogP contribution is 2.64. The molecule has 0 aliphatic carbocycles. The highest BCUT2D eigenvalue weighted by Gasteiger charge is 2.76. The lowest BCUT2D eigenvalue weighted by Gasteiger charge is -2.33. The molecule has 6 rings (SSSR count). The molecule has 1 aromatic heterocycles. The van der Waals surface area contributed by atoms with E-state index in [1.54, 1.807) is 18.2 Å². The molecular formula is C24H17ClFN5O5S. The molecule has 3 aliphatic rings. The summed E-state index contributed by atoms with van der Waals surface area (Å²) < 4.78 is 20.2. The predicted octanol–water partition coefficient (Wildman–Crippen LogP) is 3.48. The number of carbonyl (C=O) groups excluding carboxylic acids is 2. The van der Waals surface area contributed by atoms with Gasteiger partial charge in [0.1, 0.15) is 11.2 Å². The molecule has 4 heterocycles. The van der Waals surface area contributed by atoms with Crippen LogP contribution in [0.25, 0.3) is 0 Å². The van der Waals surface area contributed by atoms with Crippen molar-refractivity contribution in [3.63, 3.8) is 0 Å². The Labute approximate surface area is 219 Å². The summed E-state index contributed by atoms with van der Waals surface area (Å²) in [6.07, 6.45) is 0. The molecule has 2 spiro atoms. The minimum atomic E-state index is -1.92. The Hall–Kier alpha value is -3.90. The molecule has 1 fully saturated rings. The third-order valence-electron chi connectivity index (χ3n) is 7.61. The second-order valence-electron chi connectivity index (χ2n) is 9.29. The predicted molar refractivity (Wildman–Crippen MR) is 134 cm³/mol. The maximum atomic E-state index is 14.7. The zero-order valence-corrected chi connectivity index (χ0v) is 21.1. The number of anilines is 2. The number of aryl methyl sites for hydroxylation is 1. The number of nitro groups is 1. The van der Waals surface area contributed by atoms with Crippen molar-refractivity contribution in [3.05, 3.63) is 79.9 Å². The molecule has 3 aliphatic heterocycles. The van der Waals surface area contributed by atoms with E-state index >= 15 is 0 Å². The Kier molecular flexibility index (Phi) is 4.65. The maximum absolute atomic E-state index is 14.7. The number of carbonyl (C=O) groups is 2. The molecule has 0 unspecified atom stereocenters. The molecule has 13 heteroatoms. The summed E-state index contributed by atoms with van der Waals surface area (Å²) >= 11 is 12.1. The van der Waals surface area contributed by atoms with E-state index in [9.17, 15) is 24.1 Å². The molecular weight excluding hydrogens is 525 g/mol. The van der Waals surface area contributed by atoms with Crippen molar-refractivity contribution in [3.8, 4) is 0 Å². The van der Waals surface area contributed by atoms with Crippen LogP contribution in [0.5, 0.6) is 0 Å². The van der Waals surface area contributed by atoms with Gasteiger partial charge in [0.2, 0.25) is 11.7 Å². The van der Waals surface area contributed by atoms with Gasteiger partial charge in [-0.25, -0.2) is 4.39 Å². The molecule has 2 aromatic carbocycles. The molecule has 10 nitrogen and oxygen atoms in total. The van der Waals surface area contributed by atoms with E-state index in [1.807, 2.05) is 0 Å². The Bertz CT molecular complexity index is 1610. The van der Waals surface area contributed by atoms with E-state index in [0.29, 0.717) is 16.9 Å². The van der Waals surface area contributed by atoms with Gasteiger partial charge < -0.3 is 19.6 Å². The van der Waals surface area contributed by atoms with Crippen LogP contribution >= 0.6 is 23.8 Å². The number of likely N-dealkylation sites (N-methyl/N-ethyl adjacent to an activating group) is 2. The molecule has 188 valence electrons. The van der Waals surface area contributed by atoms with Gasteiger partial charge in [0.05, 0.1) is 15.8 Å². The highest BCUT2D eigenvalue weighted by molar-refractivity contribution is 7.80. The number of fused-ring (bicyclic) bond motifs is 4. The zero-order valence-electron chi connectivity index (χ0n) is 19.5. The van der Waals surface area contributed by atoms with Gasteiger partial charge in [-0.15, -0.1) is 0 Å². The van der Waals surface area contributed by atoms with Crippen LogP contribution < -0.4 is 15.1 Å². The van der Waals surface area contributed by atoms with Gasteiger partial charge >= 0.3 is 5.69 Å². The first-order valence-corrected chi connectivity index (χ1v) is 11.9. The first-order chi connectivity index (χ1) is 17.5. The lowest BCUT2D eigenvalue weighted by Crippen LogP contribution is -2.51. The number of thiocarbonyl (C=S) groups is 1. The number of nitrogens with zero attached hydrogens (tertiary/aromatic N) is 4. The van der Waals surface area contributed by atoms with Gasteiger partial charge in [0.25, 0.3) is 5.91 Å². The van der Waals surface area contributed by atoms with Crippen molar-refractivity contribution < 1.29 is 23.4 Å². The van der Waals surface area contributed by atoms with Gasteiger partial charge in [0.15, 0.2) is 11.2 Å². The van der Waals surface area contributed by atoms with Crippen molar-refractivity contribution in [1.82, 2.24) is 10.5 Å². The van der Waals surface area contributed by atoms with Gasteiger partial charge in [-0.2, -0.15) is 0 Å². The molecule has 0 saturated carbocycles. The Morgan fingerprint density at radius 3 is 2.49 bits per heavy atom. The average molecular weight is 542 g/mol. The van der Waals surface area contributed by atoms with Crippen molar-refractivity contribution in [2.24, 2.45) is 0 Å². The van der Waals surface area contributed by atoms with Crippen LogP contribution in [0.1, 0.15) is 28.5 Å². The standard InChI is InChI=1S/C24H17ClFN5O5S/c1-10-17(31(34)35)18(36-28-10)19-23(13-8-11(25)4-6-15(13)29(2)21(23)32)20(37)27-24(19)14-9-12(26)5-7-16(14)30(3)22(24)33/h4-9,19H,1-3H3,(H,27,37)/t19-,23-,24-/m0/s1. The molecule has 1 N–H and O–H groups in total. The van der Waals surface area contributed by atoms with Crippen molar-refractivity contribution in [2.45, 2.75) is 23.8 Å². The summed E-state index contributed by atoms with van der Waals surface area (Å²) in [5.41, 5.74) is -2.99. The first kappa shape index (κ1) is 23.5. The summed E-state index contributed by atoms with van der Waals surface area (Å²) in [6.45, 7) is 1.38. The Morgan fingerprint density at radius 2 is 1.78 bits per heavy atom. The van der Waals surface area contributed by atoms with E-state index < -0.39 is 45.1 Å². The number of benzene rings is 2. The molecule has 0 bridgehead atoms. The molecule has 0 radical (unpaired) electrons. The summed E-state index contributed by atoms with van der Waals surface area (Å²) in [7, 11) is 3.03. The van der Waals surface area contributed by atoms with E-state index in [2.05, 4.69) is 10.5 Å². The summed E-state index contributed by atoms with van der Waals surface area (Å²) in [5.74, 6) is -3.56. The minimum Gasteiger partial charge on any atom is -0.360 e. The first-order valence-electron chi connectivity index (χ1n) is 11.1. The third kappa shape index (κ3) is 2.58. The van der Waals surface area contributed by atoms with Gasteiger partial charge in [0, 0.05) is 41.6 Å². The normalized spacial score (nSPS) is 25.9. The second-order valence-corrected chi connectivity index (χ2v) is 10.1. The Morgan fingerprint density at radius 1 is 1.14 bits per heavy atom. The van der Waals surface area contributed by atoms with Crippen LogP contribution in [0, 0.1) is 22.9 Å². The Balaban J connectivity index is 1.79. The third-order valence-corrected chi connectivity index (χ3v) is 8.27. The molecule has 3 atom stereocenters. The number of amides is 2. The van der Waals surface area contributed by atoms with Crippen LogP contribution in [-0.2, 0) is 20.5 Å². The van der Waals surface area contributed by atoms with E-state index in [4.69, 9.17) is 28.3 Å². The van der Waals surface area contributed by atoms with E-state index in [0.717, 1.165) is 6.07 Å². The number of nitrogens with one attached hydrogen (secondary N) is 1. The van der Waals surface area contributed by atoms with Gasteiger partial charge in [-0.3, -0.25) is 19.7 Å². The number of rotatable bonds is 2. The van der Waals surface area contributed by atoms with Crippen LogP contribution in [-0.4, -0.2) is 41.0 Å². The highest BCUT2D eigenvalue weighted by atomic mass is 35.5. The fraction of sp³-hybridized carbons (Fsp3) is 0.250. The lowest BCUT2D eigenvalue weighted by atomic mass is 9.63. The monoisotopic (exact) mass is 541 g/mol. The molecule has 2 amide bonds. The summed E-state index contributed by atoms with van der Waals surface area (Å²) in [4.78, 5) is 42.5. The number of halogens is 2. The van der Waals surface area contributed by atoms with Gasteiger partial charge in [-0.05, 0) is 43.3 Å². The van der Waals surface area contributed by atoms with Crippen molar-refractivity contribution in [1.29, 1.82) is 0 Å². The molecule has 1 saturated heterocycles. The van der Waals surface area contributed by atoms with Crippen LogP contribution in [0.3, 0.4) is 0 Å². The number of hydrogen-bond donors (Lipinski definition) is 1. The fourth-order valence-electron chi connectivity index (χ4n) is 6.10. The van der Waals surface area contributed by atoms with E-state index in [-0.39, 0.29) is 27.0 Å². The largest absolute Gasteiger partial charge is 0.360 e. The van der Waals surface area contributed by atoms with Crippen LogP contribution in [0.2, 0.25) is 5.02 Å². The SMILES string of the molecule is Cc1noc([C@H]2[C@]3(C(=O)N(C)c4ccc(Cl)cc43)C(=S)N[C@]23C(=O)N(C)c2ccc(F)cc23)c1[N+](=O)[O-]. The topological polar surface area (TPSA) is 122 Å². The van der Waals surface area contributed by atoms with Gasteiger partial charge in [-0.1, -0.05) is 29.0 Å². The number of aromatic nitrogens is 1. The summed E-state index contributed by atoms with van der Waals surface area (Å²) in [5, 5.41) is 19.4. The zero-order chi connectivity index (χ0) is 26.6. The van der Waals surface area contributed by atoms with Crippen LogP contribution in [0.15, 0.2) is 40.9 Å². The number of hydrogen-bond acceptors (Lipinski definition) is 7. The smallest absolute Gasteiger partial charge is 0.334 e. The molecule has 3 aromatic rings. The quantitative estimate of drug-likeness (QED) is 0.297. The van der Waals surface area contributed by atoms with Crippen molar-refractivity contribution in [2.75, 3.05) is 23.9 Å². The van der Waals surface area contributed by atoms with Crippen LogP contribution in [0.4, 0.5) is 21.5 Å². The maximum Gasteiger partial charge on any atom is 0.334 e. The summed E-state index contributed by atoms with van der Waals surface area (Å²) in [6, 6.07) is 8.56. The fourth-order valence-corrected chi connectivity index (χ4v) is 6.75. The lowest BCUT2D eigenvalue weighted by molar-refractivity contribution is -0.386. The second kappa shape index (κ2) is 7.33. The van der Waals surface area contributed by atoms with Crippen molar-refractivity contribution >= 4 is 57.7 Å². The molecule has 37 heavy (non-hydrogen) atoms. The minimum absolute atomic E-state index is 0.0495.